The molecule has 1 aliphatic rings. The molecule has 0 bridgehead atoms. The van der Waals surface area contributed by atoms with Crippen LogP contribution < -0.4 is 0 Å². The van der Waals surface area contributed by atoms with Gasteiger partial charge in [-0.25, -0.2) is 4.98 Å². The highest BCUT2D eigenvalue weighted by Crippen LogP contribution is 2.28. The van der Waals surface area contributed by atoms with Crippen LogP contribution in [0.4, 0.5) is 0 Å². The van der Waals surface area contributed by atoms with E-state index in [1.54, 1.807) is 21.6 Å². The minimum absolute atomic E-state index is 0.0265. The van der Waals surface area contributed by atoms with Gasteiger partial charge in [0, 0.05) is 29.4 Å². The summed E-state index contributed by atoms with van der Waals surface area (Å²) in [6.45, 7) is 2.60. The van der Waals surface area contributed by atoms with Gasteiger partial charge in [0.2, 0.25) is 0 Å². The number of carboxylic acids is 1. The number of thiazole rings is 1. The molecule has 0 spiro atoms. The van der Waals surface area contributed by atoms with Crippen molar-refractivity contribution in [1.82, 2.24) is 9.88 Å². The highest BCUT2D eigenvalue weighted by Gasteiger charge is 2.37. The highest BCUT2D eigenvalue weighted by atomic mass is 32.1. The fourth-order valence-corrected chi connectivity index (χ4v) is 4.01. The summed E-state index contributed by atoms with van der Waals surface area (Å²) in [5.41, 5.74) is 1.42. The molecule has 1 aliphatic heterocycles. The molecule has 2 aromatic heterocycles. The van der Waals surface area contributed by atoms with Crippen molar-refractivity contribution in [2.75, 3.05) is 13.1 Å². The first-order chi connectivity index (χ1) is 10.1. The number of nitrogens with zero attached hydrogens (tertiary/aromatic N) is 2. The van der Waals surface area contributed by atoms with Crippen LogP contribution in [0.1, 0.15) is 17.4 Å². The maximum absolute atomic E-state index is 12.4. The molecule has 110 valence electrons. The molecule has 1 fully saturated rings. The number of thiophene rings is 1. The van der Waals surface area contributed by atoms with Crippen LogP contribution in [0.5, 0.6) is 0 Å². The quantitative estimate of drug-likeness (QED) is 0.943. The lowest BCUT2D eigenvalue weighted by Crippen LogP contribution is -2.30. The van der Waals surface area contributed by atoms with Crippen molar-refractivity contribution in [1.29, 1.82) is 0 Å². The van der Waals surface area contributed by atoms with E-state index in [4.69, 9.17) is 5.11 Å². The maximum atomic E-state index is 12.4. The van der Waals surface area contributed by atoms with Crippen LogP contribution in [0.3, 0.4) is 0 Å². The number of likely N-dealkylation sites (tertiary alicyclic amines) is 1. The fraction of sp³-hybridized carbons (Fsp3) is 0.357. The third kappa shape index (κ3) is 2.71. The third-order valence-electron chi connectivity index (χ3n) is 3.71. The standard InChI is InChI=1S/C14H14N2O3S2/c1-8-4-16(5-10(8)14(18)19)13(17)11-7-21-12(15-11)9-2-3-20-6-9/h2-3,6-8,10H,4-5H2,1H3,(H,18,19)/t8-,10-/m1/s1. The molecule has 0 radical (unpaired) electrons. The van der Waals surface area contributed by atoms with E-state index in [9.17, 15) is 9.59 Å². The Bertz CT molecular complexity index is 666. The zero-order chi connectivity index (χ0) is 15.0. The monoisotopic (exact) mass is 322 g/mol. The summed E-state index contributed by atoms with van der Waals surface area (Å²) in [4.78, 5) is 29.5. The first kappa shape index (κ1) is 14.2. The van der Waals surface area contributed by atoms with E-state index in [1.807, 2.05) is 23.8 Å². The van der Waals surface area contributed by atoms with Gasteiger partial charge >= 0.3 is 5.97 Å². The summed E-state index contributed by atoms with van der Waals surface area (Å²) in [7, 11) is 0. The van der Waals surface area contributed by atoms with Crippen LogP contribution in [0.25, 0.3) is 10.6 Å². The number of aliphatic carboxylic acids is 1. The Morgan fingerprint density at radius 3 is 2.81 bits per heavy atom. The van der Waals surface area contributed by atoms with Gasteiger partial charge in [-0.1, -0.05) is 6.92 Å². The Kier molecular flexibility index (Phi) is 3.77. The van der Waals surface area contributed by atoms with Crippen molar-refractivity contribution in [3.8, 4) is 10.6 Å². The van der Waals surface area contributed by atoms with Crippen LogP contribution in [-0.2, 0) is 4.79 Å². The topological polar surface area (TPSA) is 70.5 Å². The van der Waals surface area contributed by atoms with Gasteiger partial charge in [-0.3, -0.25) is 9.59 Å². The SMILES string of the molecule is C[C@@H]1CN(C(=O)c2csc(-c3ccsc3)n2)C[C@H]1C(=O)O. The lowest BCUT2D eigenvalue weighted by atomic mass is 9.99. The molecule has 1 saturated heterocycles. The van der Waals surface area contributed by atoms with Crippen molar-refractivity contribution in [2.24, 2.45) is 11.8 Å². The number of rotatable bonds is 3. The van der Waals surface area contributed by atoms with Crippen molar-refractivity contribution >= 4 is 34.6 Å². The van der Waals surface area contributed by atoms with Gasteiger partial charge in [-0.05, 0) is 17.4 Å². The molecule has 21 heavy (non-hydrogen) atoms. The Balaban J connectivity index is 1.76. The molecule has 1 N–H and O–H groups in total. The second-order valence-electron chi connectivity index (χ2n) is 5.18. The average molecular weight is 322 g/mol. The molecule has 7 heteroatoms. The normalized spacial score (nSPS) is 21.7. The molecule has 0 saturated carbocycles. The molecule has 0 unspecified atom stereocenters. The van der Waals surface area contributed by atoms with Gasteiger partial charge in [-0.15, -0.1) is 11.3 Å². The van der Waals surface area contributed by atoms with Gasteiger partial charge < -0.3 is 10.0 Å². The summed E-state index contributed by atoms with van der Waals surface area (Å²) >= 11 is 3.02. The predicted octanol–water partition coefficient (Wildman–Crippen LogP) is 2.66. The molecular weight excluding hydrogens is 308 g/mol. The van der Waals surface area contributed by atoms with Crippen LogP contribution in [0, 0.1) is 11.8 Å². The van der Waals surface area contributed by atoms with Crippen LogP contribution in [0.2, 0.25) is 0 Å². The van der Waals surface area contributed by atoms with Crippen molar-refractivity contribution in [3.05, 3.63) is 27.9 Å². The fourth-order valence-electron chi connectivity index (χ4n) is 2.51. The Hall–Kier alpha value is -1.73. The van der Waals surface area contributed by atoms with Crippen LogP contribution in [-0.4, -0.2) is 40.0 Å². The molecule has 3 heterocycles. The van der Waals surface area contributed by atoms with E-state index in [-0.39, 0.29) is 18.4 Å². The average Bonchev–Trinajstić information content (AvgIpc) is 3.17. The molecule has 2 atom stereocenters. The summed E-state index contributed by atoms with van der Waals surface area (Å²) in [6.07, 6.45) is 0. The first-order valence-corrected chi connectivity index (χ1v) is 8.38. The molecule has 0 aromatic carbocycles. The number of carbonyl (C=O) groups excluding carboxylic acids is 1. The zero-order valence-corrected chi connectivity index (χ0v) is 13.0. The number of hydrogen-bond donors (Lipinski definition) is 1. The van der Waals surface area contributed by atoms with E-state index in [0.717, 1.165) is 10.6 Å². The van der Waals surface area contributed by atoms with Crippen LogP contribution >= 0.6 is 22.7 Å². The van der Waals surface area contributed by atoms with Crippen molar-refractivity contribution < 1.29 is 14.7 Å². The summed E-state index contributed by atoms with van der Waals surface area (Å²) in [5, 5.41) is 15.7. The second-order valence-corrected chi connectivity index (χ2v) is 6.82. The Labute approximate surface area is 129 Å². The van der Waals surface area contributed by atoms with Gasteiger partial charge in [0.15, 0.2) is 0 Å². The van der Waals surface area contributed by atoms with Gasteiger partial charge in [0.25, 0.3) is 5.91 Å². The molecule has 0 aliphatic carbocycles. The Morgan fingerprint density at radius 1 is 1.38 bits per heavy atom. The summed E-state index contributed by atoms with van der Waals surface area (Å²) in [5.74, 6) is -1.52. The van der Waals surface area contributed by atoms with Gasteiger partial charge in [0.1, 0.15) is 10.7 Å². The predicted molar refractivity (Wildman–Crippen MR) is 81.6 cm³/mol. The van der Waals surface area contributed by atoms with Gasteiger partial charge in [0.05, 0.1) is 5.92 Å². The largest absolute Gasteiger partial charge is 0.481 e. The number of hydrogen-bond acceptors (Lipinski definition) is 5. The maximum Gasteiger partial charge on any atom is 0.308 e. The molecule has 1 amide bonds. The van der Waals surface area contributed by atoms with E-state index in [0.29, 0.717) is 12.2 Å². The van der Waals surface area contributed by atoms with Crippen molar-refractivity contribution in [3.63, 3.8) is 0 Å². The minimum Gasteiger partial charge on any atom is -0.481 e. The lowest BCUT2D eigenvalue weighted by Gasteiger charge is -2.13. The lowest BCUT2D eigenvalue weighted by molar-refractivity contribution is -0.142. The highest BCUT2D eigenvalue weighted by molar-refractivity contribution is 7.14. The van der Waals surface area contributed by atoms with E-state index in [2.05, 4.69) is 4.98 Å². The molecular formula is C14H14N2O3S2. The summed E-state index contributed by atoms with van der Waals surface area (Å²) in [6, 6.07) is 1.97. The Morgan fingerprint density at radius 2 is 2.19 bits per heavy atom. The van der Waals surface area contributed by atoms with Crippen LogP contribution in [0.15, 0.2) is 22.2 Å². The number of carboxylic acid groups (broad SMARTS) is 1. The summed E-state index contributed by atoms with van der Waals surface area (Å²) < 4.78 is 0. The molecule has 2 aromatic rings. The second kappa shape index (κ2) is 5.57. The molecule has 5 nitrogen and oxygen atoms in total. The first-order valence-electron chi connectivity index (χ1n) is 6.56. The van der Waals surface area contributed by atoms with Gasteiger partial charge in [-0.2, -0.15) is 11.3 Å². The number of carbonyl (C=O) groups is 2. The third-order valence-corrected chi connectivity index (χ3v) is 5.28. The van der Waals surface area contributed by atoms with E-state index >= 15 is 0 Å². The zero-order valence-electron chi connectivity index (χ0n) is 11.4. The molecule has 3 rings (SSSR count). The van der Waals surface area contributed by atoms with Crippen molar-refractivity contribution in [2.45, 2.75) is 6.92 Å². The van der Waals surface area contributed by atoms with E-state index < -0.39 is 11.9 Å². The number of amides is 1. The smallest absolute Gasteiger partial charge is 0.308 e. The number of aromatic nitrogens is 1. The minimum atomic E-state index is -0.838. The van der Waals surface area contributed by atoms with E-state index in [1.165, 1.54) is 11.3 Å².